The van der Waals surface area contributed by atoms with Gasteiger partial charge in [0.15, 0.2) is 49.8 Å². The third-order valence-corrected chi connectivity index (χ3v) is 17.7. The SMILES string of the molecule is CCCCCCCCCC(=O)OC1C(OC2C(C)OC3OC4C(OC(CCCCC)CCCCCCCCCC(=O)OC2C3O)OC(CO)C(O)C4O)OC(C)C(OC2OC(C)C(OC(=O)C(C)CC)C(O)C2O)C1OC1OC(C)C(O)C(O)C1O. The standard InChI is InChI=1S/C61H106O25/c1-9-12-14-15-17-21-26-30-40(64)81-55-54(86-57-46(70)43(67)41(65)33(5)74-57)51(83-58-47(71)45(69)49(34(6)75-58)82-56(73)32(4)11-3)36(8)77-61(55)84-50-35(7)76-59-48(72)52(50)80-39(63)29-25-22-19-16-18-20-24-28-37(27-23-13-10-2)78-60-53(85-59)44(68)42(66)38(31-62)79-60/h32-38,41-55,57-62,65-72H,9-31H2,1-8H3. The molecule has 0 spiro atoms. The van der Waals surface area contributed by atoms with Gasteiger partial charge < -0.3 is 108 Å². The van der Waals surface area contributed by atoms with E-state index in [1.165, 1.54) is 27.7 Å². The molecule has 0 aromatic carbocycles. The maximum Gasteiger partial charge on any atom is 0.309 e. The average Bonchev–Trinajstić information content (AvgIpc) is 3.68. The van der Waals surface area contributed by atoms with Crippen LogP contribution in [-0.2, 0) is 76.0 Å². The fourth-order valence-corrected chi connectivity index (χ4v) is 12.0. The number of aliphatic hydroxyl groups excluding tert-OH is 9. The number of unbranched alkanes of at least 4 members (excludes halogenated alkanes) is 8. The molecule has 0 amide bonds. The molecule has 86 heavy (non-hydrogen) atoms. The zero-order valence-electron chi connectivity index (χ0n) is 51.9. The van der Waals surface area contributed by atoms with Gasteiger partial charge in [-0.1, -0.05) is 124 Å². The van der Waals surface area contributed by atoms with E-state index in [0.717, 1.165) is 89.9 Å². The van der Waals surface area contributed by atoms with Crippen LogP contribution in [0.2, 0.25) is 0 Å². The minimum Gasteiger partial charge on any atom is -0.457 e. The number of hydrogen-bond acceptors (Lipinski definition) is 25. The van der Waals surface area contributed by atoms with Crippen LogP contribution in [0.25, 0.3) is 0 Å². The lowest BCUT2D eigenvalue weighted by Crippen LogP contribution is -2.68. The fraction of sp³-hybridized carbons (Fsp3) is 0.951. The molecular formula is C61H106O25. The van der Waals surface area contributed by atoms with Gasteiger partial charge in [0, 0.05) is 12.8 Å². The minimum atomic E-state index is -1.92. The van der Waals surface area contributed by atoms with Gasteiger partial charge in [0.2, 0.25) is 0 Å². The van der Waals surface area contributed by atoms with Crippen LogP contribution in [0.3, 0.4) is 0 Å². The van der Waals surface area contributed by atoms with Crippen molar-refractivity contribution in [2.24, 2.45) is 5.92 Å². The summed E-state index contributed by atoms with van der Waals surface area (Å²) in [5.41, 5.74) is 0. The molecule has 2 bridgehead atoms. The van der Waals surface area contributed by atoms with E-state index in [1.807, 2.05) is 0 Å². The second-order valence-corrected chi connectivity index (χ2v) is 24.6. The molecule has 6 saturated heterocycles. The molecule has 0 aliphatic carbocycles. The highest BCUT2D eigenvalue weighted by Gasteiger charge is 2.59. The van der Waals surface area contributed by atoms with Gasteiger partial charge in [-0.25, -0.2) is 0 Å². The van der Waals surface area contributed by atoms with Gasteiger partial charge in [-0.05, 0) is 59.8 Å². The van der Waals surface area contributed by atoms with E-state index >= 15 is 0 Å². The molecule has 25 nitrogen and oxygen atoms in total. The highest BCUT2D eigenvalue weighted by molar-refractivity contribution is 5.72. The number of ether oxygens (including phenoxy) is 13. The summed E-state index contributed by atoms with van der Waals surface area (Å²) < 4.78 is 82.1. The van der Waals surface area contributed by atoms with Crippen molar-refractivity contribution in [3.63, 3.8) is 0 Å². The molecule has 25 heteroatoms. The normalized spacial score (nSPS) is 42.0. The Balaban J connectivity index is 1.37. The molecule has 0 aromatic heterocycles. The van der Waals surface area contributed by atoms with Gasteiger partial charge in [0.05, 0.1) is 43.0 Å². The summed E-state index contributed by atoms with van der Waals surface area (Å²) in [7, 11) is 0. The Morgan fingerprint density at radius 1 is 0.500 bits per heavy atom. The van der Waals surface area contributed by atoms with Crippen LogP contribution in [0.1, 0.15) is 197 Å². The van der Waals surface area contributed by atoms with Gasteiger partial charge in [-0.2, -0.15) is 0 Å². The second kappa shape index (κ2) is 36.0. The number of fused-ring (bicyclic) bond motifs is 3. The molecule has 500 valence electrons. The number of hydrogen-bond donors (Lipinski definition) is 9. The molecule has 6 fully saturated rings. The lowest BCUT2D eigenvalue weighted by atomic mass is 9.95. The van der Waals surface area contributed by atoms with Crippen LogP contribution in [0.15, 0.2) is 0 Å². The van der Waals surface area contributed by atoms with Crippen molar-refractivity contribution < 1.29 is 122 Å². The minimum absolute atomic E-state index is 0.0488. The van der Waals surface area contributed by atoms with Crippen molar-refractivity contribution in [2.75, 3.05) is 6.61 Å². The van der Waals surface area contributed by atoms with E-state index in [-0.39, 0.29) is 18.9 Å². The molecule has 6 rings (SSSR count). The van der Waals surface area contributed by atoms with Crippen molar-refractivity contribution in [1.29, 1.82) is 0 Å². The van der Waals surface area contributed by atoms with Crippen LogP contribution in [0.5, 0.6) is 0 Å². The molecule has 0 aromatic rings. The summed E-state index contributed by atoms with van der Waals surface area (Å²) in [5, 5.41) is 102. The molecule has 6 heterocycles. The summed E-state index contributed by atoms with van der Waals surface area (Å²) >= 11 is 0. The van der Waals surface area contributed by atoms with Gasteiger partial charge >= 0.3 is 17.9 Å². The van der Waals surface area contributed by atoms with E-state index in [9.17, 15) is 60.3 Å². The third-order valence-electron chi connectivity index (χ3n) is 17.7. The highest BCUT2D eigenvalue weighted by Crippen LogP contribution is 2.39. The Morgan fingerprint density at radius 3 is 1.74 bits per heavy atom. The van der Waals surface area contributed by atoms with E-state index in [2.05, 4.69) is 13.8 Å². The number of rotatable bonds is 23. The molecule has 9 N–H and O–H groups in total. The average molecular weight is 1240 g/mol. The van der Waals surface area contributed by atoms with Crippen molar-refractivity contribution in [2.45, 2.75) is 356 Å². The maximum atomic E-state index is 14.3. The third kappa shape index (κ3) is 19.8. The van der Waals surface area contributed by atoms with Crippen LogP contribution < -0.4 is 0 Å². The van der Waals surface area contributed by atoms with Crippen LogP contribution in [-0.4, -0.2) is 230 Å². The molecule has 0 radical (unpaired) electrons. The van der Waals surface area contributed by atoms with Gasteiger partial charge in [0.1, 0.15) is 79.4 Å². The monoisotopic (exact) mass is 1240 g/mol. The molecule has 27 atom stereocenters. The zero-order chi connectivity index (χ0) is 62.8. The Hall–Kier alpha value is -2.35. The molecule has 6 aliphatic heterocycles. The van der Waals surface area contributed by atoms with Crippen LogP contribution >= 0.6 is 0 Å². The Labute approximate surface area is 507 Å². The lowest BCUT2D eigenvalue weighted by Gasteiger charge is -2.51. The summed E-state index contributed by atoms with van der Waals surface area (Å²) in [4.78, 5) is 41.2. The van der Waals surface area contributed by atoms with E-state index in [1.54, 1.807) is 13.8 Å². The first kappa shape index (κ1) is 72.7. The van der Waals surface area contributed by atoms with Gasteiger partial charge in [-0.15, -0.1) is 0 Å². The fourth-order valence-electron chi connectivity index (χ4n) is 12.0. The summed E-state index contributed by atoms with van der Waals surface area (Å²) in [5.74, 6) is -2.63. The first-order chi connectivity index (χ1) is 41.1. The number of aliphatic hydroxyl groups is 9. The number of carbonyl (C=O) groups is 3. The lowest BCUT2D eigenvalue weighted by molar-refractivity contribution is -0.400. The maximum absolute atomic E-state index is 14.3. The first-order valence-electron chi connectivity index (χ1n) is 32.3. The number of carbonyl (C=O) groups excluding carboxylic acids is 3. The smallest absolute Gasteiger partial charge is 0.309 e. The molecule has 6 aliphatic rings. The van der Waals surface area contributed by atoms with Crippen molar-refractivity contribution in [3.8, 4) is 0 Å². The number of esters is 3. The van der Waals surface area contributed by atoms with Crippen molar-refractivity contribution in [1.82, 2.24) is 0 Å². The zero-order valence-corrected chi connectivity index (χ0v) is 51.9. The quantitative estimate of drug-likeness (QED) is 0.0401. The topological polar surface area (TPSA) is 353 Å². The summed E-state index contributed by atoms with van der Waals surface area (Å²) in [6.45, 7) is 13.0. The second-order valence-electron chi connectivity index (χ2n) is 24.6. The highest BCUT2D eigenvalue weighted by atomic mass is 16.8. The molecule has 27 unspecified atom stereocenters. The summed E-state index contributed by atoms with van der Waals surface area (Å²) in [6, 6.07) is 0. The van der Waals surface area contributed by atoms with Gasteiger partial charge in [0.25, 0.3) is 0 Å². The Morgan fingerprint density at radius 2 is 1.07 bits per heavy atom. The Kier molecular flexibility index (Phi) is 30.5. The van der Waals surface area contributed by atoms with Crippen molar-refractivity contribution in [3.05, 3.63) is 0 Å². The van der Waals surface area contributed by atoms with E-state index in [0.29, 0.717) is 38.5 Å². The van der Waals surface area contributed by atoms with Crippen LogP contribution in [0, 0.1) is 5.92 Å². The summed E-state index contributed by atoms with van der Waals surface area (Å²) in [6.07, 6.45) is -23.6. The van der Waals surface area contributed by atoms with Crippen LogP contribution in [0.4, 0.5) is 0 Å². The first-order valence-corrected chi connectivity index (χ1v) is 32.3. The Bertz CT molecular complexity index is 1970. The molecule has 0 saturated carbocycles. The van der Waals surface area contributed by atoms with E-state index < -0.39 is 184 Å². The van der Waals surface area contributed by atoms with E-state index in [4.69, 9.17) is 61.6 Å². The van der Waals surface area contributed by atoms with Crippen molar-refractivity contribution >= 4 is 17.9 Å². The largest absolute Gasteiger partial charge is 0.457 e. The predicted molar refractivity (Wildman–Crippen MR) is 303 cm³/mol. The molecular weight excluding hydrogens is 1130 g/mol. The van der Waals surface area contributed by atoms with Gasteiger partial charge in [-0.3, -0.25) is 14.4 Å². The predicted octanol–water partition coefficient (Wildman–Crippen LogP) is 3.52.